The van der Waals surface area contributed by atoms with Gasteiger partial charge in [0.05, 0.1) is 5.97 Å². The van der Waals surface area contributed by atoms with Gasteiger partial charge >= 0.3 is 11.9 Å². The summed E-state index contributed by atoms with van der Waals surface area (Å²) in [5, 5.41) is 33.9. The normalized spacial score (nSPS) is 13.4. The summed E-state index contributed by atoms with van der Waals surface area (Å²) in [6.45, 7) is 1.39. The molecule has 92 valence electrons. The Hall–Kier alpha value is -1.93. The molecular formula is C8H13NO7. The quantitative estimate of drug-likeness (QED) is 0.366. The lowest BCUT2D eigenvalue weighted by Crippen LogP contribution is -2.69. The van der Waals surface area contributed by atoms with E-state index in [9.17, 15) is 19.5 Å². The van der Waals surface area contributed by atoms with Gasteiger partial charge in [-0.3, -0.25) is 0 Å². The molecular weight excluding hydrogens is 222 g/mol. The summed E-state index contributed by atoms with van der Waals surface area (Å²) in [6, 6.07) is -0.907. The second kappa shape index (κ2) is 8.38. The van der Waals surface area contributed by atoms with Crippen LogP contribution in [0.4, 0.5) is 0 Å². The van der Waals surface area contributed by atoms with Crippen LogP contribution < -0.4 is 10.8 Å². The average molecular weight is 235 g/mol. The maximum absolute atomic E-state index is 9.92. The van der Waals surface area contributed by atoms with E-state index in [1.54, 1.807) is 0 Å². The van der Waals surface area contributed by atoms with Crippen LogP contribution in [-0.4, -0.2) is 45.4 Å². The van der Waals surface area contributed by atoms with Gasteiger partial charge in [-0.25, -0.2) is 9.59 Å². The van der Waals surface area contributed by atoms with E-state index < -0.39 is 30.1 Å². The first-order chi connectivity index (χ1) is 7.18. The fourth-order valence-corrected chi connectivity index (χ4v) is 0.346. The van der Waals surface area contributed by atoms with E-state index in [-0.39, 0.29) is 0 Å². The van der Waals surface area contributed by atoms with Crippen molar-refractivity contribution in [1.82, 2.24) is 0 Å². The minimum Gasteiger partial charge on any atom is -0.545 e. The van der Waals surface area contributed by atoms with Crippen LogP contribution in [-0.2, 0) is 14.4 Å². The van der Waals surface area contributed by atoms with E-state index in [1.165, 1.54) is 6.92 Å². The Labute approximate surface area is 90.6 Å². The van der Waals surface area contributed by atoms with E-state index in [0.29, 0.717) is 12.2 Å². The van der Waals surface area contributed by atoms with Crippen LogP contribution in [0.3, 0.4) is 0 Å². The smallest absolute Gasteiger partial charge is 0.365 e. The summed E-state index contributed by atoms with van der Waals surface area (Å²) >= 11 is 0. The predicted molar refractivity (Wildman–Crippen MR) is 47.8 cm³/mol. The van der Waals surface area contributed by atoms with Crippen molar-refractivity contribution in [1.29, 1.82) is 0 Å². The number of aliphatic hydroxyl groups excluding tert-OH is 1. The standard InChI is InChI=1S/C4H9NO3.C4H4O4/c1-2(6)3(5)4(7)8;5-3(6)1-2-4(7)8/h2-3,6H,5H2,1H3,(H,7,8);1-2H,(H,5,6)(H,7,8)/b;2-1-/t2-,3+;/m1./s1. The summed E-state index contributed by atoms with van der Waals surface area (Å²) < 4.78 is 0. The molecule has 0 aromatic heterocycles. The molecule has 0 aromatic rings. The molecule has 8 heteroatoms. The predicted octanol–water partition coefficient (Wildman–Crippen LogP) is -3.56. The van der Waals surface area contributed by atoms with Gasteiger partial charge in [0.1, 0.15) is 6.10 Å². The molecule has 6 N–H and O–H groups in total. The second-order valence-electron chi connectivity index (χ2n) is 2.68. The van der Waals surface area contributed by atoms with Crippen LogP contribution in [0.15, 0.2) is 12.2 Å². The monoisotopic (exact) mass is 235 g/mol. The zero-order valence-electron chi connectivity index (χ0n) is 8.49. The fraction of sp³-hybridized carbons (Fsp3) is 0.375. The SMILES string of the molecule is C[C@@H](O)[C@H]([NH3+])C(=O)O.O=C([O-])/C=C\C(=O)O. The van der Waals surface area contributed by atoms with Crippen LogP contribution in [0.5, 0.6) is 0 Å². The van der Waals surface area contributed by atoms with Gasteiger partial charge in [-0.1, -0.05) is 0 Å². The third-order valence-corrected chi connectivity index (χ3v) is 1.26. The van der Waals surface area contributed by atoms with Gasteiger partial charge in [0.2, 0.25) is 6.04 Å². The molecule has 0 fully saturated rings. The second-order valence-corrected chi connectivity index (χ2v) is 2.68. The van der Waals surface area contributed by atoms with Gasteiger partial charge in [-0.05, 0) is 13.0 Å². The van der Waals surface area contributed by atoms with Gasteiger partial charge < -0.3 is 31.0 Å². The number of carbonyl (C=O) groups is 3. The van der Waals surface area contributed by atoms with E-state index in [4.69, 9.17) is 15.3 Å². The Morgan fingerprint density at radius 1 is 1.25 bits per heavy atom. The third-order valence-electron chi connectivity index (χ3n) is 1.26. The van der Waals surface area contributed by atoms with Crippen LogP contribution in [0, 0.1) is 0 Å². The lowest BCUT2D eigenvalue weighted by Gasteiger charge is -2.03. The van der Waals surface area contributed by atoms with Gasteiger partial charge in [0.15, 0.2) is 0 Å². The number of aliphatic carboxylic acids is 3. The minimum absolute atomic E-state index is 0.447. The number of carbonyl (C=O) groups excluding carboxylic acids is 1. The van der Waals surface area contributed by atoms with Crippen molar-refractivity contribution in [3.05, 3.63) is 12.2 Å². The lowest BCUT2D eigenvalue weighted by atomic mass is 10.2. The van der Waals surface area contributed by atoms with Crippen molar-refractivity contribution in [2.45, 2.75) is 19.1 Å². The molecule has 0 heterocycles. The number of hydrogen-bond acceptors (Lipinski definition) is 5. The van der Waals surface area contributed by atoms with E-state index >= 15 is 0 Å². The maximum Gasteiger partial charge on any atom is 0.365 e. The first kappa shape index (κ1) is 16.5. The molecule has 0 unspecified atom stereocenters. The summed E-state index contributed by atoms with van der Waals surface area (Å²) in [6.07, 6.45) is 0.0741. The largest absolute Gasteiger partial charge is 0.545 e. The van der Waals surface area contributed by atoms with Gasteiger partial charge in [0.25, 0.3) is 0 Å². The Morgan fingerprint density at radius 3 is 1.75 bits per heavy atom. The summed E-state index contributed by atoms with van der Waals surface area (Å²) in [7, 11) is 0. The Balaban J connectivity index is 0. The highest BCUT2D eigenvalue weighted by molar-refractivity contribution is 5.88. The Bertz CT molecular complexity index is 268. The van der Waals surface area contributed by atoms with Crippen LogP contribution in [0.1, 0.15) is 6.92 Å². The summed E-state index contributed by atoms with van der Waals surface area (Å²) in [5.74, 6) is -3.87. The highest BCUT2D eigenvalue weighted by atomic mass is 16.4. The van der Waals surface area contributed by atoms with Gasteiger partial charge in [0, 0.05) is 6.08 Å². The molecule has 0 aromatic carbocycles. The number of carboxylic acid groups (broad SMARTS) is 3. The number of rotatable bonds is 4. The topological polar surface area (TPSA) is 163 Å². The zero-order chi connectivity index (χ0) is 13.3. The van der Waals surface area contributed by atoms with Crippen LogP contribution in [0.25, 0.3) is 0 Å². The van der Waals surface area contributed by atoms with Crippen molar-refractivity contribution in [2.24, 2.45) is 0 Å². The van der Waals surface area contributed by atoms with Gasteiger partial charge in [-0.2, -0.15) is 0 Å². The fourth-order valence-electron chi connectivity index (χ4n) is 0.346. The molecule has 0 amide bonds. The number of hydrogen-bond donors (Lipinski definition) is 4. The molecule has 0 spiro atoms. The number of aliphatic hydroxyl groups is 1. The van der Waals surface area contributed by atoms with Crippen molar-refractivity contribution in [3.8, 4) is 0 Å². The Morgan fingerprint density at radius 2 is 1.69 bits per heavy atom. The van der Waals surface area contributed by atoms with Crippen molar-refractivity contribution in [2.75, 3.05) is 0 Å². The van der Waals surface area contributed by atoms with E-state index in [2.05, 4.69) is 5.73 Å². The highest BCUT2D eigenvalue weighted by Gasteiger charge is 2.20. The molecule has 0 bridgehead atoms. The average Bonchev–Trinajstić information content (AvgIpc) is 2.14. The molecule has 0 saturated carbocycles. The van der Waals surface area contributed by atoms with E-state index in [1.807, 2.05) is 0 Å². The maximum atomic E-state index is 9.92. The van der Waals surface area contributed by atoms with E-state index in [0.717, 1.165) is 0 Å². The van der Waals surface area contributed by atoms with Crippen LogP contribution in [0.2, 0.25) is 0 Å². The molecule has 8 nitrogen and oxygen atoms in total. The zero-order valence-corrected chi connectivity index (χ0v) is 8.49. The third kappa shape index (κ3) is 12.1. The first-order valence-electron chi connectivity index (χ1n) is 4.04. The van der Waals surface area contributed by atoms with Crippen LogP contribution >= 0.6 is 0 Å². The number of quaternary nitrogens is 1. The number of carboxylic acids is 3. The van der Waals surface area contributed by atoms with Crippen molar-refractivity contribution in [3.63, 3.8) is 0 Å². The molecule has 0 rings (SSSR count). The molecule has 0 aliphatic heterocycles. The minimum atomic E-state index is -1.51. The molecule has 0 radical (unpaired) electrons. The Kier molecular flexibility index (Phi) is 8.65. The molecule has 0 saturated heterocycles. The molecule has 0 aliphatic rings. The summed E-state index contributed by atoms with van der Waals surface area (Å²) in [4.78, 5) is 28.9. The molecule has 16 heavy (non-hydrogen) atoms. The van der Waals surface area contributed by atoms with Gasteiger partial charge in [-0.15, -0.1) is 0 Å². The lowest BCUT2D eigenvalue weighted by molar-refractivity contribution is -0.423. The van der Waals surface area contributed by atoms with Crippen molar-refractivity contribution < 1.29 is 40.5 Å². The first-order valence-corrected chi connectivity index (χ1v) is 4.04. The highest BCUT2D eigenvalue weighted by Crippen LogP contribution is 1.83. The molecule has 2 atom stereocenters. The molecule has 0 aliphatic carbocycles. The summed E-state index contributed by atoms with van der Waals surface area (Å²) in [5.41, 5.74) is 3.19. The van der Waals surface area contributed by atoms with Crippen molar-refractivity contribution >= 4 is 17.9 Å².